The van der Waals surface area contributed by atoms with Crippen molar-refractivity contribution in [3.8, 4) is 0 Å². The summed E-state index contributed by atoms with van der Waals surface area (Å²) in [6, 6.07) is 7.06. The quantitative estimate of drug-likeness (QED) is 0.268. The summed E-state index contributed by atoms with van der Waals surface area (Å²) < 4.78 is 1.58. The Balaban J connectivity index is 2.17. The van der Waals surface area contributed by atoms with Gasteiger partial charge in [-0.3, -0.25) is 0 Å². The van der Waals surface area contributed by atoms with Gasteiger partial charge in [-0.05, 0) is 19.1 Å². The predicted octanol–water partition coefficient (Wildman–Crippen LogP) is 3.01. The summed E-state index contributed by atoms with van der Waals surface area (Å²) >= 11 is 5.89. The Hall–Kier alpha value is -2.73. The van der Waals surface area contributed by atoms with E-state index in [0.29, 0.717) is 17.3 Å². The van der Waals surface area contributed by atoms with E-state index in [4.69, 9.17) is 16.4 Å². The molecular formula is C16H15ClN4O2. The third-order valence-corrected chi connectivity index (χ3v) is 2.99. The summed E-state index contributed by atoms with van der Waals surface area (Å²) in [6.45, 7) is 2.16. The van der Waals surface area contributed by atoms with Crippen molar-refractivity contribution in [2.45, 2.75) is 13.5 Å². The number of allylic oxidation sites excluding steroid dienone is 3. The summed E-state index contributed by atoms with van der Waals surface area (Å²) in [4.78, 5) is 20.4. The molecule has 0 fully saturated rings. The van der Waals surface area contributed by atoms with Gasteiger partial charge in [-0.15, -0.1) is 0 Å². The zero-order valence-corrected chi connectivity index (χ0v) is 13.2. The van der Waals surface area contributed by atoms with E-state index < -0.39 is 5.97 Å². The molecule has 0 aliphatic carbocycles. The van der Waals surface area contributed by atoms with Gasteiger partial charge in [0.2, 0.25) is 0 Å². The first kappa shape index (κ1) is 16.6. The highest BCUT2D eigenvalue weighted by molar-refractivity contribution is 6.30. The van der Waals surface area contributed by atoms with Crippen LogP contribution in [-0.2, 0) is 16.2 Å². The lowest BCUT2D eigenvalue weighted by molar-refractivity contribution is -0.137. The van der Waals surface area contributed by atoms with Crippen LogP contribution in [0.3, 0.4) is 0 Å². The Labute approximate surface area is 138 Å². The average Bonchev–Trinajstić information content (AvgIpc) is 3.05. The van der Waals surface area contributed by atoms with E-state index in [1.165, 1.54) is 12.4 Å². The standard InChI is InChI=1S/C16H15ClN4O2/c1-2-3-4-5-16(22)23-20-15(10-21-12-18-11-19-21)13-6-8-14(17)9-7-13/h2-9,11-12H,10H2,1H3. The second kappa shape index (κ2) is 8.65. The Morgan fingerprint density at radius 1 is 1.35 bits per heavy atom. The van der Waals surface area contributed by atoms with Crippen LogP contribution in [0.25, 0.3) is 0 Å². The van der Waals surface area contributed by atoms with Crippen molar-refractivity contribution < 1.29 is 9.63 Å². The average molecular weight is 331 g/mol. The van der Waals surface area contributed by atoms with Crippen LogP contribution < -0.4 is 0 Å². The lowest BCUT2D eigenvalue weighted by Gasteiger charge is -2.06. The van der Waals surface area contributed by atoms with Crippen LogP contribution in [0.5, 0.6) is 0 Å². The molecule has 2 aromatic rings. The fraction of sp³-hybridized carbons (Fsp3) is 0.125. The van der Waals surface area contributed by atoms with Gasteiger partial charge in [0.25, 0.3) is 0 Å². The van der Waals surface area contributed by atoms with Gasteiger partial charge in [0, 0.05) is 16.7 Å². The molecule has 0 aliphatic rings. The van der Waals surface area contributed by atoms with Crippen LogP contribution >= 0.6 is 11.6 Å². The van der Waals surface area contributed by atoms with Crippen molar-refractivity contribution in [1.29, 1.82) is 0 Å². The van der Waals surface area contributed by atoms with Gasteiger partial charge in [-0.1, -0.05) is 47.1 Å². The number of hydrogen-bond donors (Lipinski definition) is 0. The highest BCUT2D eigenvalue weighted by Gasteiger charge is 2.08. The minimum Gasteiger partial charge on any atom is -0.313 e. The minimum absolute atomic E-state index is 0.313. The summed E-state index contributed by atoms with van der Waals surface area (Å²) in [7, 11) is 0. The number of rotatable bonds is 6. The molecule has 118 valence electrons. The van der Waals surface area contributed by atoms with E-state index in [-0.39, 0.29) is 0 Å². The molecule has 1 aromatic heterocycles. The Morgan fingerprint density at radius 3 is 2.78 bits per heavy atom. The molecule has 23 heavy (non-hydrogen) atoms. The van der Waals surface area contributed by atoms with Crippen LogP contribution in [0.1, 0.15) is 12.5 Å². The molecule has 7 heteroatoms. The highest BCUT2D eigenvalue weighted by atomic mass is 35.5. The molecule has 0 N–H and O–H groups in total. The number of carbonyl (C=O) groups is 1. The molecule has 1 heterocycles. The van der Waals surface area contributed by atoms with E-state index in [2.05, 4.69) is 15.2 Å². The zero-order valence-electron chi connectivity index (χ0n) is 12.5. The maximum atomic E-state index is 11.6. The number of aromatic nitrogens is 3. The van der Waals surface area contributed by atoms with Crippen LogP contribution in [0.4, 0.5) is 0 Å². The molecule has 0 saturated heterocycles. The van der Waals surface area contributed by atoms with Crippen molar-refractivity contribution in [3.05, 3.63) is 71.8 Å². The summed E-state index contributed by atoms with van der Waals surface area (Å²) in [5.74, 6) is -0.562. The topological polar surface area (TPSA) is 69.4 Å². The molecule has 0 spiro atoms. The van der Waals surface area contributed by atoms with Crippen LogP contribution in [0.15, 0.2) is 66.4 Å². The third-order valence-electron chi connectivity index (χ3n) is 2.74. The molecule has 0 amide bonds. The van der Waals surface area contributed by atoms with Crippen molar-refractivity contribution >= 4 is 23.3 Å². The van der Waals surface area contributed by atoms with Gasteiger partial charge in [-0.2, -0.15) is 5.10 Å². The molecule has 0 bridgehead atoms. The molecule has 0 atom stereocenters. The maximum absolute atomic E-state index is 11.6. The molecule has 6 nitrogen and oxygen atoms in total. The lowest BCUT2D eigenvalue weighted by atomic mass is 10.1. The number of hydrogen-bond acceptors (Lipinski definition) is 5. The van der Waals surface area contributed by atoms with E-state index in [1.807, 2.05) is 6.92 Å². The smallest absolute Gasteiger partial charge is 0.313 e. The molecule has 2 rings (SSSR count). The van der Waals surface area contributed by atoms with Crippen molar-refractivity contribution in [1.82, 2.24) is 14.8 Å². The largest absolute Gasteiger partial charge is 0.358 e. The van der Waals surface area contributed by atoms with Gasteiger partial charge in [0.15, 0.2) is 0 Å². The first-order valence-corrected chi connectivity index (χ1v) is 7.22. The van der Waals surface area contributed by atoms with Crippen LogP contribution in [0.2, 0.25) is 5.02 Å². The second-order valence-corrected chi connectivity index (χ2v) is 4.87. The summed E-state index contributed by atoms with van der Waals surface area (Å²) in [5, 5.41) is 8.57. The van der Waals surface area contributed by atoms with Crippen LogP contribution in [0, 0.1) is 0 Å². The first-order valence-electron chi connectivity index (χ1n) is 6.84. The molecule has 0 aliphatic heterocycles. The fourth-order valence-electron chi connectivity index (χ4n) is 1.66. The molecule has 0 unspecified atom stereocenters. The van der Waals surface area contributed by atoms with E-state index in [9.17, 15) is 4.79 Å². The van der Waals surface area contributed by atoms with Crippen molar-refractivity contribution in [2.24, 2.45) is 5.16 Å². The number of oxime groups is 1. The number of nitrogens with zero attached hydrogens (tertiary/aromatic N) is 4. The van der Waals surface area contributed by atoms with E-state index in [0.717, 1.165) is 5.56 Å². The van der Waals surface area contributed by atoms with Gasteiger partial charge in [0.05, 0.1) is 6.54 Å². The first-order chi connectivity index (χ1) is 11.2. The molecule has 0 saturated carbocycles. The number of halogens is 1. The SMILES string of the molecule is CC=CC=CC(=O)ON=C(Cn1cncn1)c1ccc(Cl)cc1. The highest BCUT2D eigenvalue weighted by Crippen LogP contribution is 2.11. The van der Waals surface area contributed by atoms with E-state index >= 15 is 0 Å². The van der Waals surface area contributed by atoms with Gasteiger partial charge < -0.3 is 4.84 Å². The Kier molecular flexibility index (Phi) is 6.26. The van der Waals surface area contributed by atoms with Crippen molar-refractivity contribution in [2.75, 3.05) is 0 Å². The van der Waals surface area contributed by atoms with E-state index in [1.54, 1.807) is 53.5 Å². The van der Waals surface area contributed by atoms with Crippen LogP contribution in [-0.4, -0.2) is 26.4 Å². The second-order valence-electron chi connectivity index (χ2n) is 4.43. The third kappa shape index (κ3) is 5.52. The maximum Gasteiger partial charge on any atom is 0.358 e. The molecule has 0 radical (unpaired) electrons. The van der Waals surface area contributed by atoms with Crippen molar-refractivity contribution in [3.63, 3.8) is 0 Å². The number of carbonyl (C=O) groups excluding carboxylic acids is 1. The van der Waals surface area contributed by atoms with Gasteiger partial charge >= 0.3 is 5.97 Å². The molecular weight excluding hydrogens is 316 g/mol. The summed E-state index contributed by atoms with van der Waals surface area (Å²) in [5.41, 5.74) is 1.30. The zero-order chi connectivity index (χ0) is 16.5. The fourth-order valence-corrected chi connectivity index (χ4v) is 1.78. The Morgan fingerprint density at radius 2 is 2.13 bits per heavy atom. The summed E-state index contributed by atoms with van der Waals surface area (Å²) in [6.07, 6.45) is 9.37. The van der Waals surface area contributed by atoms with Gasteiger partial charge in [0.1, 0.15) is 18.4 Å². The lowest BCUT2D eigenvalue weighted by Crippen LogP contribution is -2.13. The number of benzene rings is 1. The molecule has 1 aromatic carbocycles. The minimum atomic E-state index is -0.562. The van der Waals surface area contributed by atoms with Gasteiger partial charge in [-0.25, -0.2) is 14.5 Å². The Bertz CT molecular complexity index is 719. The normalized spacial score (nSPS) is 12.2. The monoisotopic (exact) mass is 330 g/mol. The predicted molar refractivity (Wildman–Crippen MR) is 88.1 cm³/mol.